The molecule has 2 bridgehead atoms. The van der Waals surface area contributed by atoms with Crippen molar-refractivity contribution in [3.8, 4) is 17.1 Å². The first-order chi connectivity index (χ1) is 20.5. The van der Waals surface area contributed by atoms with E-state index >= 15 is 4.39 Å². The number of piperazine rings is 1. The highest BCUT2D eigenvalue weighted by Crippen LogP contribution is 2.41. The molecule has 0 unspecified atom stereocenters. The lowest BCUT2D eigenvalue weighted by Crippen LogP contribution is -2.51. The summed E-state index contributed by atoms with van der Waals surface area (Å²) >= 11 is 6.89. The lowest BCUT2D eigenvalue weighted by Gasteiger charge is -2.38. The van der Waals surface area contributed by atoms with Crippen LogP contribution in [-0.2, 0) is 4.74 Å². The second-order valence-electron chi connectivity index (χ2n) is 12.0. The normalized spacial score (nSPS) is 24.5. The third kappa shape index (κ3) is 5.19. The summed E-state index contributed by atoms with van der Waals surface area (Å²) in [5.41, 5.74) is 1.34. The van der Waals surface area contributed by atoms with E-state index in [1.807, 2.05) is 48.5 Å². The topological polar surface area (TPSA) is 62.8 Å². The first-order valence-electron chi connectivity index (χ1n) is 15.1. The molecule has 0 spiro atoms. The predicted molar refractivity (Wildman–Crippen MR) is 166 cm³/mol. The molecule has 4 aromatic rings. The Kier molecular flexibility index (Phi) is 7.65. The van der Waals surface area contributed by atoms with Crippen molar-refractivity contribution in [1.29, 1.82) is 0 Å². The molecule has 3 fully saturated rings. The quantitative estimate of drug-likeness (QED) is 0.263. The van der Waals surface area contributed by atoms with Gasteiger partial charge >= 0.3 is 6.01 Å². The molecule has 3 saturated heterocycles. The van der Waals surface area contributed by atoms with E-state index in [9.17, 15) is 0 Å². The van der Waals surface area contributed by atoms with E-state index < -0.39 is 5.82 Å². The van der Waals surface area contributed by atoms with E-state index in [2.05, 4.69) is 33.9 Å². The summed E-state index contributed by atoms with van der Waals surface area (Å²) in [5, 5.41) is 6.61. The largest absolute Gasteiger partial charge is 0.463 e. The second kappa shape index (κ2) is 11.6. The summed E-state index contributed by atoms with van der Waals surface area (Å²) in [6.07, 6.45) is 3.08. The molecular weight excluding hydrogens is 553 g/mol. The van der Waals surface area contributed by atoms with Gasteiger partial charge in [0.05, 0.1) is 24.8 Å². The molecule has 42 heavy (non-hydrogen) atoms. The molecule has 3 aliphatic rings. The van der Waals surface area contributed by atoms with Crippen LogP contribution in [-0.4, -0.2) is 78.5 Å². The molecule has 4 heterocycles. The molecule has 1 N–H and O–H groups in total. The van der Waals surface area contributed by atoms with Gasteiger partial charge in [-0.15, -0.1) is 0 Å². The summed E-state index contributed by atoms with van der Waals surface area (Å²) in [5.74, 6) is 0.241. The van der Waals surface area contributed by atoms with E-state index in [-0.39, 0.29) is 11.5 Å². The Morgan fingerprint density at radius 2 is 1.74 bits per heavy atom. The van der Waals surface area contributed by atoms with E-state index in [1.54, 1.807) is 0 Å². The zero-order chi connectivity index (χ0) is 28.8. The number of hydrogen-bond acceptors (Lipinski definition) is 7. The maximum absolute atomic E-state index is 16.7. The number of hydrogen-bond donors (Lipinski definition) is 1. The summed E-state index contributed by atoms with van der Waals surface area (Å²) < 4.78 is 28.5. The Bertz CT molecular complexity index is 1590. The molecule has 9 heteroatoms. The van der Waals surface area contributed by atoms with Crippen molar-refractivity contribution in [3.63, 3.8) is 0 Å². The Hall–Kier alpha value is -3.04. The van der Waals surface area contributed by atoms with Gasteiger partial charge in [0.2, 0.25) is 0 Å². The van der Waals surface area contributed by atoms with Crippen molar-refractivity contribution in [1.82, 2.24) is 20.2 Å². The van der Waals surface area contributed by atoms with Crippen LogP contribution in [0, 0.1) is 5.82 Å². The maximum atomic E-state index is 16.7. The number of halogens is 2. The number of nitrogens with zero attached hydrogens (tertiary/aromatic N) is 4. The second-order valence-corrected chi connectivity index (χ2v) is 12.4. The molecule has 7 rings (SSSR count). The van der Waals surface area contributed by atoms with Crippen LogP contribution < -0.4 is 15.0 Å². The Labute approximate surface area is 251 Å². The molecule has 0 amide bonds. The highest BCUT2D eigenvalue weighted by Gasteiger charge is 2.34. The minimum atomic E-state index is -0.448. The number of ether oxygens (including phenoxy) is 2. The van der Waals surface area contributed by atoms with Crippen molar-refractivity contribution in [2.45, 2.75) is 57.3 Å². The van der Waals surface area contributed by atoms with E-state index in [0.717, 1.165) is 68.4 Å². The van der Waals surface area contributed by atoms with Gasteiger partial charge in [-0.3, -0.25) is 4.90 Å². The van der Waals surface area contributed by atoms with Crippen molar-refractivity contribution >= 4 is 39.1 Å². The number of anilines is 1. The van der Waals surface area contributed by atoms with Gasteiger partial charge in [-0.05, 0) is 55.5 Å². The summed E-state index contributed by atoms with van der Waals surface area (Å²) in [4.78, 5) is 14.2. The van der Waals surface area contributed by atoms with Crippen LogP contribution in [0.3, 0.4) is 0 Å². The highest BCUT2D eigenvalue weighted by molar-refractivity contribution is 6.35. The fourth-order valence-electron chi connectivity index (χ4n) is 7.01. The van der Waals surface area contributed by atoms with Crippen LogP contribution >= 0.6 is 11.6 Å². The molecule has 0 saturated carbocycles. The molecule has 1 aromatic heterocycles. The number of benzene rings is 3. The van der Waals surface area contributed by atoms with Crippen LogP contribution in [0.5, 0.6) is 6.01 Å². The van der Waals surface area contributed by atoms with Gasteiger partial charge in [0.25, 0.3) is 0 Å². The average Bonchev–Trinajstić information content (AvgIpc) is 3.33. The van der Waals surface area contributed by atoms with Crippen molar-refractivity contribution in [2.24, 2.45) is 0 Å². The van der Waals surface area contributed by atoms with Gasteiger partial charge < -0.3 is 19.7 Å². The van der Waals surface area contributed by atoms with Gasteiger partial charge in [0.1, 0.15) is 11.3 Å². The lowest BCUT2D eigenvalue weighted by molar-refractivity contribution is -0.0380. The molecular formula is C33H37ClFN5O2. The predicted octanol–water partition coefficient (Wildman–Crippen LogP) is 6.06. The first kappa shape index (κ1) is 27.8. The molecule has 4 atom stereocenters. The highest BCUT2D eigenvalue weighted by atomic mass is 35.5. The fourth-order valence-corrected chi connectivity index (χ4v) is 7.31. The first-order valence-corrected chi connectivity index (χ1v) is 15.5. The van der Waals surface area contributed by atoms with Crippen LogP contribution in [0.4, 0.5) is 10.2 Å². The van der Waals surface area contributed by atoms with Gasteiger partial charge in [-0.2, -0.15) is 9.97 Å². The Morgan fingerprint density at radius 1 is 1.00 bits per heavy atom. The van der Waals surface area contributed by atoms with E-state index in [4.69, 9.17) is 26.1 Å². The smallest absolute Gasteiger partial charge is 0.319 e. The standard InChI is InChI=1S/C33H37ClFN5O2/c1-20-18-41-19-21(2)40(20)13-6-14-42-33-37-31-27(32(38-33)39-16-23-11-12-24(17-39)36-23)15-28(34)29(30(31)35)26-10-5-8-22-7-3-4-9-25(22)26/h3-5,7-10,15,20-21,23-24,36H,6,11-14,16-19H2,1-2H3/t20-,21+,23-,24+. The molecule has 0 aliphatic carbocycles. The van der Waals surface area contributed by atoms with Gasteiger partial charge in [0, 0.05) is 54.8 Å². The molecule has 220 valence electrons. The third-order valence-corrected chi connectivity index (χ3v) is 9.36. The minimum absolute atomic E-state index is 0.205. The SMILES string of the molecule is C[C@@H]1COC[C@H](C)N1CCCOc1nc(N2C[C@H]3CC[C@@H](C2)N3)c2cc(Cl)c(-c3cccc4ccccc34)c(F)c2n1. The number of aromatic nitrogens is 2. The zero-order valence-corrected chi connectivity index (χ0v) is 24.9. The minimum Gasteiger partial charge on any atom is -0.463 e. The monoisotopic (exact) mass is 589 g/mol. The summed E-state index contributed by atoms with van der Waals surface area (Å²) in [6.45, 7) is 8.82. The number of morpholine rings is 1. The zero-order valence-electron chi connectivity index (χ0n) is 24.2. The van der Waals surface area contributed by atoms with Crippen molar-refractivity contribution in [2.75, 3.05) is 44.4 Å². The van der Waals surface area contributed by atoms with Crippen molar-refractivity contribution < 1.29 is 13.9 Å². The molecule has 3 aromatic carbocycles. The summed E-state index contributed by atoms with van der Waals surface area (Å²) in [6, 6.07) is 17.4. The van der Waals surface area contributed by atoms with Crippen LogP contribution in [0.15, 0.2) is 48.5 Å². The number of rotatable bonds is 7. The van der Waals surface area contributed by atoms with Crippen LogP contribution in [0.25, 0.3) is 32.8 Å². The Balaban J connectivity index is 1.26. The van der Waals surface area contributed by atoms with E-state index in [0.29, 0.717) is 52.6 Å². The Morgan fingerprint density at radius 3 is 2.52 bits per heavy atom. The van der Waals surface area contributed by atoms with E-state index in [1.165, 1.54) is 0 Å². The van der Waals surface area contributed by atoms with Gasteiger partial charge in [-0.1, -0.05) is 54.1 Å². The number of nitrogens with one attached hydrogen (secondary N) is 1. The number of fused-ring (bicyclic) bond motifs is 4. The van der Waals surface area contributed by atoms with Crippen LogP contribution in [0.1, 0.15) is 33.1 Å². The average molecular weight is 590 g/mol. The fraction of sp³-hybridized carbons (Fsp3) is 0.455. The van der Waals surface area contributed by atoms with Crippen LogP contribution in [0.2, 0.25) is 5.02 Å². The maximum Gasteiger partial charge on any atom is 0.319 e. The van der Waals surface area contributed by atoms with Gasteiger partial charge in [-0.25, -0.2) is 4.39 Å². The third-order valence-electron chi connectivity index (χ3n) is 9.06. The summed E-state index contributed by atoms with van der Waals surface area (Å²) in [7, 11) is 0. The lowest BCUT2D eigenvalue weighted by atomic mass is 9.96. The van der Waals surface area contributed by atoms with Crippen molar-refractivity contribution in [3.05, 3.63) is 59.4 Å². The van der Waals surface area contributed by atoms with Gasteiger partial charge in [0.15, 0.2) is 5.82 Å². The molecule has 0 radical (unpaired) electrons. The molecule has 7 nitrogen and oxygen atoms in total. The molecule has 3 aliphatic heterocycles.